The molecule has 0 bridgehead atoms. The summed E-state index contributed by atoms with van der Waals surface area (Å²) in [5, 5.41) is 8.47. The fourth-order valence-corrected chi connectivity index (χ4v) is 3.23. The van der Waals surface area contributed by atoms with Crippen LogP contribution < -0.4 is 10.5 Å². The molecule has 1 aromatic carbocycles. The summed E-state index contributed by atoms with van der Waals surface area (Å²) >= 11 is 0. The fourth-order valence-electron chi connectivity index (χ4n) is 2.68. The first-order chi connectivity index (χ1) is 9.06. The van der Waals surface area contributed by atoms with Crippen molar-refractivity contribution in [1.82, 2.24) is 5.32 Å². The number of nitrogens with two attached hydrogens (primary N) is 1. The first-order valence-corrected chi connectivity index (χ1v) is 8.59. The molecule has 0 heterocycles. The van der Waals surface area contributed by atoms with Crippen molar-refractivity contribution in [3.05, 3.63) is 35.4 Å². The number of benzene rings is 1. The lowest BCUT2D eigenvalue weighted by molar-refractivity contribution is 0.488. The van der Waals surface area contributed by atoms with Crippen molar-refractivity contribution in [1.29, 1.82) is 0 Å². The minimum atomic E-state index is -3.33. The molecular weight excluding hydrogens is 260 g/mol. The molecule has 2 rings (SSSR count). The van der Waals surface area contributed by atoms with Gasteiger partial charge in [0, 0.05) is 6.04 Å². The highest BCUT2D eigenvalue weighted by Crippen LogP contribution is 2.28. The third-order valence-corrected chi connectivity index (χ3v) is 4.47. The SMILES string of the molecule is NS(=O)(=O)CCCNC1CCCCc2ccccc21. The molecule has 3 N–H and O–H groups in total. The molecule has 19 heavy (non-hydrogen) atoms. The Morgan fingerprint density at radius 1 is 1.26 bits per heavy atom. The van der Waals surface area contributed by atoms with Gasteiger partial charge in [-0.25, -0.2) is 13.6 Å². The van der Waals surface area contributed by atoms with Gasteiger partial charge in [0.15, 0.2) is 0 Å². The van der Waals surface area contributed by atoms with Crippen LogP contribution in [-0.2, 0) is 16.4 Å². The van der Waals surface area contributed by atoms with Crippen molar-refractivity contribution in [2.45, 2.75) is 38.1 Å². The van der Waals surface area contributed by atoms with E-state index in [1.165, 1.54) is 24.0 Å². The number of rotatable bonds is 5. The van der Waals surface area contributed by atoms with E-state index >= 15 is 0 Å². The molecule has 5 heteroatoms. The van der Waals surface area contributed by atoms with Crippen LogP contribution in [0.2, 0.25) is 0 Å². The highest BCUT2D eigenvalue weighted by Gasteiger charge is 2.17. The summed E-state index contributed by atoms with van der Waals surface area (Å²) in [4.78, 5) is 0. The number of aryl methyl sites for hydroxylation is 1. The van der Waals surface area contributed by atoms with Crippen molar-refractivity contribution >= 4 is 10.0 Å². The minimum absolute atomic E-state index is 0.0500. The van der Waals surface area contributed by atoms with Gasteiger partial charge < -0.3 is 5.32 Å². The maximum absolute atomic E-state index is 10.9. The molecule has 0 aromatic heterocycles. The van der Waals surface area contributed by atoms with Crippen LogP contribution in [-0.4, -0.2) is 20.7 Å². The zero-order valence-corrected chi connectivity index (χ0v) is 12.0. The van der Waals surface area contributed by atoms with Crippen LogP contribution in [0.15, 0.2) is 24.3 Å². The lowest BCUT2D eigenvalue weighted by Gasteiger charge is -2.19. The lowest BCUT2D eigenvalue weighted by Crippen LogP contribution is -2.26. The second-order valence-electron chi connectivity index (χ2n) is 5.17. The van der Waals surface area contributed by atoms with Crippen LogP contribution in [0.5, 0.6) is 0 Å². The van der Waals surface area contributed by atoms with Gasteiger partial charge >= 0.3 is 0 Å². The molecule has 0 aliphatic heterocycles. The van der Waals surface area contributed by atoms with Gasteiger partial charge in [-0.2, -0.15) is 0 Å². The van der Waals surface area contributed by atoms with Gasteiger partial charge in [-0.05, 0) is 43.4 Å². The zero-order chi connectivity index (χ0) is 13.7. The molecule has 0 saturated heterocycles. The second-order valence-corrected chi connectivity index (χ2v) is 6.91. The molecule has 0 radical (unpaired) electrons. The average molecular weight is 282 g/mol. The number of hydrogen-bond donors (Lipinski definition) is 2. The van der Waals surface area contributed by atoms with Crippen LogP contribution in [0.3, 0.4) is 0 Å². The van der Waals surface area contributed by atoms with E-state index in [0.29, 0.717) is 19.0 Å². The third kappa shape index (κ3) is 4.60. The van der Waals surface area contributed by atoms with Crippen LogP contribution >= 0.6 is 0 Å². The van der Waals surface area contributed by atoms with Gasteiger partial charge in [0.1, 0.15) is 0 Å². The highest BCUT2D eigenvalue weighted by molar-refractivity contribution is 7.89. The van der Waals surface area contributed by atoms with Crippen molar-refractivity contribution in [3.8, 4) is 0 Å². The van der Waals surface area contributed by atoms with Gasteiger partial charge in [0.05, 0.1) is 5.75 Å². The third-order valence-electron chi connectivity index (χ3n) is 3.62. The molecule has 0 spiro atoms. The normalized spacial score (nSPS) is 19.7. The highest BCUT2D eigenvalue weighted by atomic mass is 32.2. The number of hydrogen-bond acceptors (Lipinski definition) is 3. The standard InChI is InChI=1S/C14H22N2O2S/c15-19(17,18)11-5-10-16-14-9-4-2-7-12-6-1-3-8-13(12)14/h1,3,6,8,14,16H,2,4-5,7,9-11H2,(H2,15,17,18). The maximum atomic E-state index is 10.9. The number of sulfonamides is 1. The average Bonchev–Trinajstić information content (AvgIpc) is 2.56. The predicted molar refractivity (Wildman–Crippen MR) is 77.3 cm³/mol. The maximum Gasteiger partial charge on any atom is 0.209 e. The Kier molecular flexibility index (Phi) is 4.96. The molecule has 1 aromatic rings. The van der Waals surface area contributed by atoms with Crippen molar-refractivity contribution < 1.29 is 8.42 Å². The predicted octanol–water partition coefficient (Wildman–Crippen LogP) is 1.72. The van der Waals surface area contributed by atoms with Gasteiger partial charge in [-0.15, -0.1) is 0 Å². The van der Waals surface area contributed by atoms with E-state index < -0.39 is 10.0 Å². The lowest BCUT2D eigenvalue weighted by atomic mass is 9.99. The Morgan fingerprint density at radius 3 is 2.84 bits per heavy atom. The molecule has 0 saturated carbocycles. The summed E-state index contributed by atoms with van der Waals surface area (Å²) in [7, 11) is -3.33. The molecule has 0 fully saturated rings. The van der Waals surface area contributed by atoms with Gasteiger partial charge in [0.25, 0.3) is 0 Å². The monoisotopic (exact) mass is 282 g/mol. The Balaban J connectivity index is 1.93. The van der Waals surface area contributed by atoms with E-state index in [4.69, 9.17) is 5.14 Å². The Morgan fingerprint density at radius 2 is 2.05 bits per heavy atom. The summed E-state index contributed by atoms with van der Waals surface area (Å²) < 4.78 is 21.8. The molecular formula is C14H22N2O2S. The van der Waals surface area contributed by atoms with E-state index in [1.54, 1.807) is 0 Å². The molecule has 1 aliphatic carbocycles. The molecule has 4 nitrogen and oxygen atoms in total. The van der Waals surface area contributed by atoms with Crippen LogP contribution in [0.1, 0.15) is 42.9 Å². The van der Waals surface area contributed by atoms with E-state index in [1.807, 2.05) is 0 Å². The van der Waals surface area contributed by atoms with Crippen LogP contribution in [0, 0.1) is 0 Å². The minimum Gasteiger partial charge on any atom is -0.310 e. The summed E-state index contributed by atoms with van der Waals surface area (Å²) in [6.07, 6.45) is 5.27. The number of primary sulfonamides is 1. The summed E-state index contributed by atoms with van der Waals surface area (Å²) in [6.45, 7) is 0.690. The van der Waals surface area contributed by atoms with Crippen molar-refractivity contribution in [3.63, 3.8) is 0 Å². The topological polar surface area (TPSA) is 72.2 Å². The number of fused-ring (bicyclic) bond motifs is 1. The van der Waals surface area contributed by atoms with E-state index in [0.717, 1.165) is 12.8 Å². The zero-order valence-electron chi connectivity index (χ0n) is 11.1. The molecule has 1 unspecified atom stereocenters. The quantitative estimate of drug-likeness (QED) is 0.638. The Labute approximate surface area is 115 Å². The largest absolute Gasteiger partial charge is 0.310 e. The van der Waals surface area contributed by atoms with E-state index in [9.17, 15) is 8.42 Å². The Bertz CT molecular complexity index is 514. The number of nitrogens with one attached hydrogen (secondary N) is 1. The van der Waals surface area contributed by atoms with Crippen LogP contribution in [0.4, 0.5) is 0 Å². The van der Waals surface area contributed by atoms with Crippen LogP contribution in [0.25, 0.3) is 0 Å². The van der Waals surface area contributed by atoms with E-state index in [2.05, 4.69) is 29.6 Å². The second kappa shape index (κ2) is 6.50. The summed E-state index contributed by atoms with van der Waals surface area (Å²) in [5.74, 6) is 0.0500. The molecule has 1 atom stereocenters. The smallest absolute Gasteiger partial charge is 0.209 e. The van der Waals surface area contributed by atoms with Crippen molar-refractivity contribution in [2.24, 2.45) is 5.14 Å². The first-order valence-electron chi connectivity index (χ1n) is 6.88. The summed E-state index contributed by atoms with van der Waals surface area (Å²) in [6, 6.07) is 8.88. The molecule has 1 aliphatic rings. The first kappa shape index (κ1) is 14.5. The Hall–Kier alpha value is -0.910. The van der Waals surface area contributed by atoms with E-state index in [-0.39, 0.29) is 5.75 Å². The molecule has 0 amide bonds. The van der Waals surface area contributed by atoms with Gasteiger partial charge in [-0.3, -0.25) is 0 Å². The van der Waals surface area contributed by atoms with Crippen molar-refractivity contribution in [2.75, 3.05) is 12.3 Å². The van der Waals surface area contributed by atoms with Gasteiger partial charge in [0.2, 0.25) is 10.0 Å². The molecule has 106 valence electrons. The fraction of sp³-hybridized carbons (Fsp3) is 0.571. The van der Waals surface area contributed by atoms with Gasteiger partial charge in [-0.1, -0.05) is 30.7 Å². The summed E-state index contributed by atoms with van der Waals surface area (Å²) in [5.41, 5.74) is 2.79.